The Labute approximate surface area is 160 Å². The summed E-state index contributed by atoms with van der Waals surface area (Å²) in [4.78, 5) is 11.3. The predicted molar refractivity (Wildman–Crippen MR) is 107 cm³/mol. The molecule has 0 bridgehead atoms. The van der Waals surface area contributed by atoms with E-state index < -0.39 is 6.29 Å². The lowest BCUT2D eigenvalue weighted by atomic mass is 10.0. The zero-order chi connectivity index (χ0) is 19.8. The largest absolute Gasteiger partial charge is 0.462 e. The summed E-state index contributed by atoms with van der Waals surface area (Å²) in [5, 5.41) is 9.69. The second-order valence-corrected chi connectivity index (χ2v) is 6.56. The minimum Gasteiger partial charge on any atom is -0.462 e. The molecule has 2 rings (SSSR count). The van der Waals surface area contributed by atoms with Gasteiger partial charge in [-0.05, 0) is 61.1 Å². The van der Waals surface area contributed by atoms with E-state index in [9.17, 15) is 9.90 Å². The second kappa shape index (κ2) is 9.74. The fourth-order valence-corrected chi connectivity index (χ4v) is 2.38. The van der Waals surface area contributed by atoms with Crippen LogP contribution in [0.15, 0.2) is 72.8 Å². The van der Waals surface area contributed by atoms with E-state index in [4.69, 9.17) is 9.47 Å². The Kier molecular flexibility index (Phi) is 7.38. The first-order valence-electron chi connectivity index (χ1n) is 8.89. The predicted octanol–water partition coefficient (Wildman–Crippen LogP) is 4.68. The molecule has 0 spiro atoms. The van der Waals surface area contributed by atoms with Crippen molar-refractivity contribution in [2.75, 3.05) is 6.61 Å². The van der Waals surface area contributed by atoms with Crippen molar-refractivity contribution in [1.29, 1.82) is 0 Å². The Balaban J connectivity index is 1.88. The fraction of sp³-hybridized carbons (Fsp3) is 0.261. The van der Waals surface area contributed by atoms with Gasteiger partial charge < -0.3 is 14.6 Å². The molecule has 1 atom stereocenters. The maximum absolute atomic E-state index is 11.3. The highest BCUT2D eigenvalue weighted by molar-refractivity contribution is 5.86. The van der Waals surface area contributed by atoms with Crippen LogP contribution < -0.4 is 4.74 Å². The monoisotopic (exact) mass is 366 g/mol. The Morgan fingerprint density at radius 2 is 1.56 bits per heavy atom. The molecule has 0 aliphatic carbocycles. The maximum atomic E-state index is 11.3. The molecule has 0 aliphatic rings. The van der Waals surface area contributed by atoms with E-state index in [1.165, 1.54) is 5.56 Å². The summed E-state index contributed by atoms with van der Waals surface area (Å²) in [7, 11) is 0. The minimum atomic E-state index is -0.996. The van der Waals surface area contributed by atoms with Crippen LogP contribution >= 0.6 is 0 Å². The van der Waals surface area contributed by atoms with Crippen molar-refractivity contribution < 1.29 is 19.4 Å². The van der Waals surface area contributed by atoms with Crippen molar-refractivity contribution in [3.8, 4) is 16.9 Å². The number of aliphatic hydroxyl groups is 1. The number of carbonyl (C=O) groups is 1. The Hall–Kier alpha value is -2.85. The smallest absolute Gasteiger partial charge is 0.333 e. The molecule has 4 heteroatoms. The Bertz CT molecular complexity index is 788. The van der Waals surface area contributed by atoms with Crippen molar-refractivity contribution in [1.82, 2.24) is 0 Å². The highest BCUT2D eigenvalue weighted by Gasteiger charge is 2.07. The molecule has 0 saturated carbocycles. The van der Waals surface area contributed by atoms with Gasteiger partial charge in [0, 0.05) is 5.57 Å². The van der Waals surface area contributed by atoms with Gasteiger partial charge in [0.1, 0.15) is 5.75 Å². The van der Waals surface area contributed by atoms with Gasteiger partial charge in [0.05, 0.1) is 6.61 Å². The third kappa shape index (κ3) is 6.42. The first kappa shape index (κ1) is 20.5. The van der Waals surface area contributed by atoms with Gasteiger partial charge in [0.15, 0.2) is 0 Å². The number of rotatable bonds is 9. The molecule has 1 unspecified atom stereocenters. The van der Waals surface area contributed by atoms with Crippen molar-refractivity contribution >= 4 is 5.97 Å². The van der Waals surface area contributed by atoms with E-state index in [0.29, 0.717) is 23.5 Å². The highest BCUT2D eigenvalue weighted by Crippen LogP contribution is 2.24. The van der Waals surface area contributed by atoms with Crippen LogP contribution in [0.2, 0.25) is 0 Å². The van der Waals surface area contributed by atoms with Crippen LogP contribution in [0.5, 0.6) is 5.75 Å². The van der Waals surface area contributed by atoms with Crippen LogP contribution in [0.1, 0.15) is 25.8 Å². The van der Waals surface area contributed by atoms with E-state index in [2.05, 4.69) is 37.4 Å². The molecule has 142 valence electrons. The van der Waals surface area contributed by atoms with Crippen molar-refractivity contribution in [3.05, 3.63) is 78.4 Å². The zero-order valence-corrected chi connectivity index (χ0v) is 15.9. The van der Waals surface area contributed by atoms with E-state index in [0.717, 1.165) is 24.0 Å². The third-order valence-corrected chi connectivity index (χ3v) is 4.00. The molecule has 0 radical (unpaired) electrons. The molecule has 2 aromatic carbocycles. The first-order chi connectivity index (χ1) is 12.9. The minimum absolute atomic E-state index is 0.339. The average molecular weight is 366 g/mol. The number of aliphatic hydroxyl groups excluding tert-OH is 1. The number of ether oxygens (including phenoxy) is 2. The summed E-state index contributed by atoms with van der Waals surface area (Å²) >= 11 is 0. The number of hydrogen-bond acceptors (Lipinski definition) is 4. The maximum Gasteiger partial charge on any atom is 0.333 e. The number of benzene rings is 2. The fourth-order valence-electron chi connectivity index (χ4n) is 2.38. The molecule has 0 fully saturated rings. The number of aryl methyl sites for hydroxylation is 1. The van der Waals surface area contributed by atoms with E-state index in [-0.39, 0.29) is 5.97 Å². The van der Waals surface area contributed by atoms with Gasteiger partial charge in [-0.1, -0.05) is 49.6 Å². The van der Waals surface area contributed by atoms with Gasteiger partial charge in [0.25, 0.3) is 0 Å². The lowest BCUT2D eigenvalue weighted by Crippen LogP contribution is -2.15. The summed E-state index contributed by atoms with van der Waals surface area (Å²) in [6.07, 6.45) is 0.620. The Morgan fingerprint density at radius 3 is 2.07 bits per heavy atom. The number of esters is 1. The summed E-state index contributed by atoms with van der Waals surface area (Å²) < 4.78 is 10.5. The quantitative estimate of drug-likeness (QED) is 0.230. The Morgan fingerprint density at radius 1 is 1.00 bits per heavy atom. The molecule has 0 amide bonds. The lowest BCUT2D eigenvalue weighted by Gasteiger charge is -2.13. The van der Waals surface area contributed by atoms with Gasteiger partial charge in [-0.2, -0.15) is 0 Å². The molecule has 4 nitrogen and oxygen atoms in total. The molecular weight excluding hydrogens is 340 g/mol. The van der Waals surface area contributed by atoms with Crippen molar-refractivity contribution in [2.24, 2.45) is 0 Å². The van der Waals surface area contributed by atoms with Crippen LogP contribution in [0.4, 0.5) is 0 Å². The van der Waals surface area contributed by atoms with Gasteiger partial charge in [-0.3, -0.25) is 0 Å². The van der Waals surface area contributed by atoms with Crippen LogP contribution in [0.25, 0.3) is 11.1 Å². The molecule has 2 aromatic rings. The molecule has 0 heterocycles. The number of hydrogen-bond donors (Lipinski definition) is 1. The summed E-state index contributed by atoms with van der Waals surface area (Å²) in [6.45, 7) is 11.0. The summed E-state index contributed by atoms with van der Waals surface area (Å²) in [5.41, 5.74) is 4.33. The topological polar surface area (TPSA) is 55.8 Å². The van der Waals surface area contributed by atoms with Gasteiger partial charge in [-0.15, -0.1) is 0 Å². The van der Waals surface area contributed by atoms with E-state index in [1.54, 1.807) is 13.8 Å². The van der Waals surface area contributed by atoms with E-state index >= 15 is 0 Å². The van der Waals surface area contributed by atoms with Gasteiger partial charge in [-0.25, -0.2) is 4.79 Å². The zero-order valence-electron chi connectivity index (χ0n) is 15.9. The summed E-state index contributed by atoms with van der Waals surface area (Å²) in [6, 6.07) is 15.8. The molecule has 27 heavy (non-hydrogen) atoms. The molecule has 1 N–H and O–H groups in total. The van der Waals surface area contributed by atoms with Crippen LogP contribution in [-0.2, 0) is 16.0 Å². The average Bonchev–Trinajstić information content (AvgIpc) is 2.66. The number of carbonyl (C=O) groups excluding carboxylic acids is 1. The van der Waals surface area contributed by atoms with Gasteiger partial charge in [0.2, 0.25) is 6.29 Å². The van der Waals surface area contributed by atoms with Gasteiger partial charge >= 0.3 is 5.97 Å². The first-order valence-corrected chi connectivity index (χ1v) is 8.89. The van der Waals surface area contributed by atoms with Crippen molar-refractivity contribution in [3.63, 3.8) is 0 Å². The summed E-state index contributed by atoms with van der Waals surface area (Å²) in [5.74, 6) is 0.253. The standard InChI is InChI=1S/C23H26O4/c1-16(2)22(24)26-15-5-6-18-7-9-19(10-8-18)20-11-13-21(14-12-20)27-23(25)17(3)4/h7-14,23,25H,1,3,5-6,15H2,2,4H3. The lowest BCUT2D eigenvalue weighted by molar-refractivity contribution is -0.139. The van der Waals surface area contributed by atoms with Crippen LogP contribution in [0.3, 0.4) is 0 Å². The molecular formula is C23H26O4. The normalized spacial score (nSPS) is 11.5. The van der Waals surface area contributed by atoms with Crippen LogP contribution in [0, 0.1) is 0 Å². The molecule has 0 saturated heterocycles. The molecule has 0 aliphatic heterocycles. The van der Waals surface area contributed by atoms with Crippen molar-refractivity contribution in [2.45, 2.75) is 33.0 Å². The SMILES string of the molecule is C=C(C)C(=O)OCCCc1ccc(-c2ccc(OC(O)C(=C)C)cc2)cc1. The highest BCUT2D eigenvalue weighted by atomic mass is 16.6. The second-order valence-electron chi connectivity index (χ2n) is 6.56. The third-order valence-electron chi connectivity index (χ3n) is 4.00. The van der Waals surface area contributed by atoms with E-state index in [1.807, 2.05) is 24.3 Å². The molecule has 0 aromatic heterocycles. The van der Waals surface area contributed by atoms with Crippen LogP contribution in [-0.4, -0.2) is 24.0 Å².